The number of hydrogen-bond donors (Lipinski definition) is 1. The summed E-state index contributed by atoms with van der Waals surface area (Å²) in [4.78, 5) is 13.7. The maximum atomic E-state index is 5.95. The van der Waals surface area contributed by atoms with E-state index in [0.29, 0.717) is 13.2 Å². The molecule has 2 aromatic rings. The lowest BCUT2D eigenvalue weighted by molar-refractivity contribution is -0.00805. The van der Waals surface area contributed by atoms with Gasteiger partial charge in [0.25, 0.3) is 0 Å². The van der Waals surface area contributed by atoms with Gasteiger partial charge in [0.2, 0.25) is 0 Å². The van der Waals surface area contributed by atoms with Crippen molar-refractivity contribution in [1.29, 1.82) is 0 Å². The zero-order chi connectivity index (χ0) is 21.8. The number of hydrogen-bond acceptors (Lipinski definition) is 6. The third-order valence-corrected chi connectivity index (χ3v) is 5.68. The Morgan fingerprint density at radius 3 is 2.65 bits per heavy atom. The lowest BCUT2D eigenvalue weighted by atomic mass is 10.1. The van der Waals surface area contributed by atoms with Crippen molar-refractivity contribution < 1.29 is 9.47 Å². The van der Waals surface area contributed by atoms with Gasteiger partial charge in [-0.3, -0.25) is 9.67 Å². The molecule has 1 N–H and O–H groups in total. The summed E-state index contributed by atoms with van der Waals surface area (Å²) < 4.78 is 13.6. The summed E-state index contributed by atoms with van der Waals surface area (Å²) in [5.41, 5.74) is 2.21. The number of aliphatic imine (C=N–C) groups is 1. The fourth-order valence-corrected chi connectivity index (χ4v) is 4.24. The second-order valence-corrected chi connectivity index (χ2v) is 8.34. The van der Waals surface area contributed by atoms with Crippen LogP contribution in [0.3, 0.4) is 0 Å². The number of aromatic nitrogens is 3. The Bertz CT molecular complexity index is 872. The summed E-state index contributed by atoms with van der Waals surface area (Å²) in [6.07, 6.45) is 6.26. The van der Waals surface area contributed by atoms with Gasteiger partial charge in [-0.05, 0) is 25.5 Å². The fourth-order valence-electron chi connectivity index (χ4n) is 4.24. The molecular formula is C22H33N7O2. The first-order valence-electron chi connectivity index (χ1n) is 10.9. The van der Waals surface area contributed by atoms with Crippen LogP contribution in [0.4, 0.5) is 5.82 Å². The molecule has 2 fully saturated rings. The quantitative estimate of drug-likeness (QED) is 0.586. The molecule has 0 bridgehead atoms. The molecule has 9 heteroatoms. The number of anilines is 1. The van der Waals surface area contributed by atoms with E-state index in [9.17, 15) is 0 Å². The third-order valence-electron chi connectivity index (χ3n) is 5.68. The van der Waals surface area contributed by atoms with Crippen LogP contribution in [0.15, 0.2) is 35.7 Å². The first kappa shape index (κ1) is 21.6. The van der Waals surface area contributed by atoms with Crippen LogP contribution < -0.4 is 10.2 Å². The van der Waals surface area contributed by atoms with Crippen LogP contribution in [0, 0.1) is 0 Å². The molecule has 0 radical (unpaired) electrons. The highest BCUT2D eigenvalue weighted by Crippen LogP contribution is 2.22. The van der Waals surface area contributed by atoms with Gasteiger partial charge in [0.05, 0.1) is 31.6 Å². The average Bonchev–Trinajstić information content (AvgIpc) is 3.20. The van der Waals surface area contributed by atoms with Crippen molar-refractivity contribution in [3.63, 3.8) is 0 Å². The van der Waals surface area contributed by atoms with E-state index < -0.39 is 0 Å². The number of pyridine rings is 1. The van der Waals surface area contributed by atoms with E-state index in [1.807, 2.05) is 32.7 Å². The lowest BCUT2D eigenvalue weighted by Crippen LogP contribution is -2.48. The van der Waals surface area contributed by atoms with Gasteiger partial charge < -0.3 is 24.6 Å². The minimum atomic E-state index is 0.000237. The molecule has 2 aromatic heterocycles. The third kappa shape index (κ3) is 5.34. The molecule has 2 saturated heterocycles. The molecule has 2 aliphatic rings. The fraction of sp³-hybridized carbons (Fsp3) is 0.591. The van der Waals surface area contributed by atoms with E-state index in [1.54, 1.807) is 4.68 Å². The average molecular weight is 428 g/mol. The molecule has 0 saturated carbocycles. The van der Waals surface area contributed by atoms with Crippen LogP contribution >= 0.6 is 0 Å². The highest BCUT2D eigenvalue weighted by molar-refractivity contribution is 5.80. The van der Waals surface area contributed by atoms with Crippen molar-refractivity contribution >= 4 is 11.8 Å². The van der Waals surface area contributed by atoms with E-state index in [1.165, 1.54) is 0 Å². The molecule has 0 aromatic carbocycles. The number of ether oxygens (including phenoxy) is 2. The van der Waals surface area contributed by atoms with Gasteiger partial charge in [-0.25, -0.2) is 4.98 Å². The smallest absolute Gasteiger partial charge is 0.194 e. The SMILES string of the molecule is CN=C(NCc1ccc(N2CC(C)OC(C)C2)nc1)N1CCOC(c2cnn(C)c2)C1. The Labute approximate surface area is 184 Å². The Kier molecular flexibility index (Phi) is 6.72. The van der Waals surface area contributed by atoms with Crippen molar-refractivity contribution in [3.8, 4) is 0 Å². The van der Waals surface area contributed by atoms with Crippen molar-refractivity contribution in [1.82, 2.24) is 25.0 Å². The van der Waals surface area contributed by atoms with Crippen LogP contribution in [0.25, 0.3) is 0 Å². The standard InChI is InChI=1S/C22H33N7O2/c1-16-12-29(13-17(2)31-16)21-6-5-18(9-24-21)10-25-22(23-3)28-7-8-30-20(15-28)19-11-26-27(4)14-19/h5-6,9,11,14,16-17,20H,7-8,10,12-13,15H2,1-4H3,(H,23,25). The molecular weight excluding hydrogens is 394 g/mol. The number of morpholine rings is 2. The summed E-state index contributed by atoms with van der Waals surface area (Å²) in [5, 5.41) is 7.73. The molecule has 4 heterocycles. The zero-order valence-electron chi connectivity index (χ0n) is 18.9. The van der Waals surface area contributed by atoms with Crippen molar-refractivity contribution in [2.45, 2.75) is 38.7 Å². The number of nitrogens with zero attached hydrogens (tertiary/aromatic N) is 6. The number of rotatable bonds is 4. The van der Waals surface area contributed by atoms with Gasteiger partial charge in [-0.15, -0.1) is 0 Å². The normalized spacial score (nSPS) is 25.0. The minimum absolute atomic E-state index is 0.000237. The summed E-state index contributed by atoms with van der Waals surface area (Å²) in [5.74, 6) is 1.87. The van der Waals surface area contributed by atoms with Gasteiger partial charge >= 0.3 is 0 Å². The van der Waals surface area contributed by atoms with E-state index >= 15 is 0 Å². The van der Waals surface area contributed by atoms with Crippen molar-refractivity contribution in [3.05, 3.63) is 41.9 Å². The summed E-state index contributed by atoms with van der Waals surface area (Å²) in [6, 6.07) is 4.23. The van der Waals surface area contributed by atoms with Gasteiger partial charge in [0, 0.05) is 58.2 Å². The van der Waals surface area contributed by atoms with Crippen molar-refractivity contribution in [2.24, 2.45) is 12.0 Å². The minimum Gasteiger partial charge on any atom is -0.372 e. The van der Waals surface area contributed by atoms with Crippen LogP contribution in [-0.4, -0.2) is 77.7 Å². The Balaban J connectivity index is 1.33. The Morgan fingerprint density at radius 2 is 2.00 bits per heavy atom. The molecule has 0 amide bonds. The zero-order valence-corrected chi connectivity index (χ0v) is 18.9. The Hall–Kier alpha value is -2.65. The van der Waals surface area contributed by atoms with Crippen LogP contribution in [0.2, 0.25) is 0 Å². The highest BCUT2D eigenvalue weighted by atomic mass is 16.5. The first-order valence-corrected chi connectivity index (χ1v) is 10.9. The molecule has 3 atom stereocenters. The second kappa shape index (κ2) is 9.65. The van der Waals surface area contributed by atoms with E-state index in [4.69, 9.17) is 9.47 Å². The van der Waals surface area contributed by atoms with Crippen molar-refractivity contribution in [2.75, 3.05) is 44.7 Å². The molecule has 9 nitrogen and oxygen atoms in total. The highest BCUT2D eigenvalue weighted by Gasteiger charge is 2.25. The van der Waals surface area contributed by atoms with Gasteiger partial charge in [0.1, 0.15) is 11.9 Å². The summed E-state index contributed by atoms with van der Waals surface area (Å²) in [7, 11) is 3.74. The molecule has 0 aliphatic carbocycles. The molecule has 168 valence electrons. The van der Waals surface area contributed by atoms with Gasteiger partial charge in [0.15, 0.2) is 5.96 Å². The number of aryl methyl sites for hydroxylation is 1. The first-order chi connectivity index (χ1) is 15.0. The second-order valence-electron chi connectivity index (χ2n) is 8.34. The predicted molar refractivity (Wildman–Crippen MR) is 120 cm³/mol. The Morgan fingerprint density at radius 1 is 1.19 bits per heavy atom. The molecule has 0 spiro atoms. The van der Waals surface area contributed by atoms with E-state index in [2.05, 4.69) is 56.2 Å². The van der Waals surface area contributed by atoms with E-state index in [0.717, 1.165) is 49.1 Å². The maximum Gasteiger partial charge on any atom is 0.194 e. The largest absolute Gasteiger partial charge is 0.372 e. The molecule has 4 rings (SSSR count). The van der Waals surface area contributed by atoms with Crippen LogP contribution in [0.1, 0.15) is 31.1 Å². The van der Waals surface area contributed by atoms with Gasteiger partial charge in [-0.1, -0.05) is 6.07 Å². The predicted octanol–water partition coefficient (Wildman–Crippen LogP) is 1.58. The maximum absolute atomic E-state index is 5.95. The molecule has 2 aliphatic heterocycles. The number of nitrogens with one attached hydrogen (secondary N) is 1. The number of guanidine groups is 1. The molecule has 3 unspecified atom stereocenters. The van der Waals surface area contributed by atoms with E-state index in [-0.39, 0.29) is 18.3 Å². The summed E-state index contributed by atoms with van der Waals surface area (Å²) in [6.45, 7) is 8.84. The van der Waals surface area contributed by atoms with Crippen LogP contribution in [-0.2, 0) is 23.1 Å². The molecule has 31 heavy (non-hydrogen) atoms. The topological polar surface area (TPSA) is 80.0 Å². The monoisotopic (exact) mass is 427 g/mol. The lowest BCUT2D eigenvalue weighted by Gasteiger charge is -2.36. The van der Waals surface area contributed by atoms with Gasteiger partial charge in [-0.2, -0.15) is 5.10 Å². The summed E-state index contributed by atoms with van der Waals surface area (Å²) >= 11 is 0. The van der Waals surface area contributed by atoms with Crippen LogP contribution in [0.5, 0.6) is 0 Å².